The number of nitrogens with one attached hydrogen (secondary N) is 1. The van der Waals surface area contributed by atoms with Crippen LogP contribution in [0.15, 0.2) is 85.1 Å². The van der Waals surface area contributed by atoms with Crippen LogP contribution in [0.25, 0.3) is 5.69 Å². The fraction of sp³-hybridized carbons (Fsp3) is 0.207. The summed E-state index contributed by atoms with van der Waals surface area (Å²) >= 11 is 0. The lowest BCUT2D eigenvalue weighted by Gasteiger charge is -2.31. The molecule has 3 aromatic carbocycles. The molecule has 0 unspecified atom stereocenters. The van der Waals surface area contributed by atoms with Crippen LogP contribution >= 0.6 is 0 Å². The van der Waals surface area contributed by atoms with Gasteiger partial charge in [-0.15, -0.1) is 0 Å². The first-order chi connectivity index (χ1) is 16.7. The number of hydrogen-bond acceptors (Lipinski definition) is 1. The molecule has 0 bridgehead atoms. The number of halogens is 1. The molecule has 1 atom stereocenters. The number of fused-ring (bicyclic) bond motifs is 4. The zero-order chi connectivity index (χ0) is 23.1. The number of benzene rings is 3. The van der Waals surface area contributed by atoms with Crippen LogP contribution in [0.3, 0.4) is 0 Å². The lowest BCUT2D eigenvalue weighted by molar-refractivity contribution is 0.194. The average Bonchev–Trinajstić information content (AvgIpc) is 3.29. The zero-order valence-corrected chi connectivity index (χ0v) is 18.9. The normalized spacial score (nSPS) is 16.7. The molecule has 4 nitrogen and oxygen atoms in total. The topological polar surface area (TPSA) is 37.3 Å². The van der Waals surface area contributed by atoms with Crippen molar-refractivity contribution >= 4 is 11.7 Å². The number of carbonyl (C=O) groups excluding carboxylic acids is 1. The van der Waals surface area contributed by atoms with Gasteiger partial charge in [-0.1, -0.05) is 42.5 Å². The Labute approximate surface area is 198 Å². The quantitative estimate of drug-likeness (QED) is 0.365. The van der Waals surface area contributed by atoms with E-state index in [4.69, 9.17) is 0 Å². The van der Waals surface area contributed by atoms with Crippen molar-refractivity contribution in [3.05, 3.63) is 119 Å². The second-order valence-corrected chi connectivity index (χ2v) is 9.09. The monoisotopic (exact) mass is 451 g/mol. The summed E-state index contributed by atoms with van der Waals surface area (Å²) in [6.45, 7) is 0.445. The van der Waals surface area contributed by atoms with E-state index in [1.165, 1.54) is 29.7 Å². The molecule has 0 spiro atoms. The van der Waals surface area contributed by atoms with Crippen molar-refractivity contribution in [2.45, 2.75) is 38.3 Å². The van der Waals surface area contributed by atoms with Gasteiger partial charge in [-0.05, 0) is 84.3 Å². The molecule has 0 fully saturated rings. The van der Waals surface area contributed by atoms with Crippen LogP contribution in [0.5, 0.6) is 0 Å². The molecule has 1 aromatic heterocycles. The highest BCUT2D eigenvalue weighted by molar-refractivity contribution is 5.91. The molecule has 2 aliphatic rings. The Morgan fingerprint density at radius 1 is 0.853 bits per heavy atom. The van der Waals surface area contributed by atoms with Crippen molar-refractivity contribution in [2.75, 3.05) is 5.32 Å². The van der Waals surface area contributed by atoms with E-state index in [9.17, 15) is 9.18 Å². The second kappa shape index (κ2) is 8.49. The Bertz CT molecular complexity index is 1360. The molecule has 1 aliphatic heterocycles. The second-order valence-electron chi connectivity index (χ2n) is 9.09. The smallest absolute Gasteiger partial charge is 0.318 e. The maximum Gasteiger partial charge on any atom is 0.322 e. The Balaban J connectivity index is 1.45. The van der Waals surface area contributed by atoms with Gasteiger partial charge in [0.05, 0.1) is 18.3 Å². The third-order valence-corrected chi connectivity index (χ3v) is 7.05. The van der Waals surface area contributed by atoms with Crippen molar-refractivity contribution in [2.24, 2.45) is 0 Å². The number of urea groups is 1. The van der Waals surface area contributed by atoms with Crippen LogP contribution in [-0.4, -0.2) is 15.5 Å². The van der Waals surface area contributed by atoms with Crippen LogP contribution < -0.4 is 5.32 Å². The number of aryl methyl sites for hydroxylation is 1. The summed E-state index contributed by atoms with van der Waals surface area (Å²) in [7, 11) is 0. The molecule has 170 valence electrons. The third-order valence-electron chi connectivity index (χ3n) is 7.05. The Hall–Kier alpha value is -3.86. The minimum Gasteiger partial charge on any atom is -0.318 e. The molecule has 2 heterocycles. The van der Waals surface area contributed by atoms with Crippen molar-refractivity contribution in [3.63, 3.8) is 0 Å². The van der Waals surface area contributed by atoms with Gasteiger partial charge >= 0.3 is 6.03 Å². The Morgan fingerprint density at radius 2 is 1.65 bits per heavy atom. The summed E-state index contributed by atoms with van der Waals surface area (Å²) in [5.74, 6) is -0.289. The van der Waals surface area contributed by atoms with Gasteiger partial charge in [0.2, 0.25) is 0 Å². The molecule has 4 aromatic rings. The SMILES string of the molecule is O=C(Nc1cccc2c1CCCC2)N1Cc2ccccc2-n2cccc2[C@@H]1c1ccc(F)cc1. The van der Waals surface area contributed by atoms with E-state index in [2.05, 4.69) is 28.1 Å². The van der Waals surface area contributed by atoms with Crippen molar-refractivity contribution in [3.8, 4) is 5.69 Å². The fourth-order valence-corrected chi connectivity index (χ4v) is 5.42. The van der Waals surface area contributed by atoms with E-state index in [1.54, 1.807) is 12.1 Å². The van der Waals surface area contributed by atoms with Gasteiger partial charge < -0.3 is 14.8 Å². The first-order valence-electron chi connectivity index (χ1n) is 11.9. The van der Waals surface area contributed by atoms with E-state index in [0.717, 1.165) is 47.5 Å². The van der Waals surface area contributed by atoms with Gasteiger partial charge in [-0.3, -0.25) is 0 Å². The van der Waals surface area contributed by atoms with E-state index in [-0.39, 0.29) is 17.9 Å². The predicted molar refractivity (Wildman–Crippen MR) is 132 cm³/mol. The minimum absolute atomic E-state index is 0.155. The van der Waals surface area contributed by atoms with Gasteiger partial charge in [-0.25, -0.2) is 9.18 Å². The standard InChI is InChI=1S/C29H26FN3O/c30-23-16-14-21(15-17-23)28-27-13-6-18-32(27)26-12-4-2-8-22(26)19-33(28)29(34)31-25-11-5-9-20-7-1-3-10-24(20)25/h2,4-6,8-9,11-18,28H,1,3,7,10,19H2,(H,31,34)/t28-/m0/s1. The molecule has 0 saturated heterocycles. The molecule has 6 rings (SSSR count). The van der Waals surface area contributed by atoms with Crippen LogP contribution in [-0.2, 0) is 19.4 Å². The largest absolute Gasteiger partial charge is 0.322 e. The van der Waals surface area contributed by atoms with Crippen molar-refractivity contribution in [1.82, 2.24) is 9.47 Å². The number of anilines is 1. The van der Waals surface area contributed by atoms with Gasteiger partial charge in [0, 0.05) is 17.6 Å². The first-order valence-corrected chi connectivity index (χ1v) is 11.9. The van der Waals surface area contributed by atoms with Gasteiger partial charge in [-0.2, -0.15) is 0 Å². The molecule has 1 aliphatic carbocycles. The molecule has 0 radical (unpaired) electrons. The summed E-state index contributed by atoms with van der Waals surface area (Å²) in [5.41, 5.74) is 7.44. The third kappa shape index (κ3) is 3.58. The lowest BCUT2D eigenvalue weighted by Crippen LogP contribution is -2.38. The highest BCUT2D eigenvalue weighted by Crippen LogP contribution is 2.37. The Morgan fingerprint density at radius 3 is 2.53 bits per heavy atom. The van der Waals surface area contributed by atoms with Crippen LogP contribution in [0.2, 0.25) is 0 Å². The van der Waals surface area contributed by atoms with E-state index in [1.807, 2.05) is 47.5 Å². The highest BCUT2D eigenvalue weighted by atomic mass is 19.1. The number of para-hydroxylation sites is 1. The fourth-order valence-electron chi connectivity index (χ4n) is 5.42. The maximum absolute atomic E-state index is 13.9. The van der Waals surface area contributed by atoms with E-state index >= 15 is 0 Å². The summed E-state index contributed by atoms with van der Waals surface area (Å²) in [6.07, 6.45) is 6.40. The van der Waals surface area contributed by atoms with Gasteiger partial charge in [0.25, 0.3) is 0 Å². The van der Waals surface area contributed by atoms with Gasteiger partial charge in [0.1, 0.15) is 5.82 Å². The molecule has 0 saturated carbocycles. The number of hydrogen-bond donors (Lipinski definition) is 1. The molecule has 34 heavy (non-hydrogen) atoms. The average molecular weight is 452 g/mol. The number of rotatable bonds is 2. The maximum atomic E-state index is 13.9. The predicted octanol–water partition coefficient (Wildman–Crippen LogP) is 6.63. The summed E-state index contributed by atoms with van der Waals surface area (Å²) in [4.78, 5) is 15.8. The van der Waals surface area contributed by atoms with Gasteiger partial charge in [0.15, 0.2) is 0 Å². The number of nitrogens with zero attached hydrogens (tertiary/aromatic N) is 2. The van der Waals surface area contributed by atoms with Crippen molar-refractivity contribution in [1.29, 1.82) is 0 Å². The minimum atomic E-state index is -0.359. The van der Waals surface area contributed by atoms with E-state index in [0.29, 0.717) is 6.54 Å². The van der Waals surface area contributed by atoms with Crippen LogP contribution in [0.4, 0.5) is 14.9 Å². The van der Waals surface area contributed by atoms with E-state index < -0.39 is 0 Å². The first kappa shape index (κ1) is 20.7. The zero-order valence-electron chi connectivity index (χ0n) is 18.9. The number of aromatic nitrogens is 1. The van der Waals surface area contributed by atoms with Crippen LogP contribution in [0.1, 0.15) is 46.8 Å². The molecule has 2 amide bonds. The lowest BCUT2D eigenvalue weighted by atomic mass is 9.90. The molecule has 1 N–H and O–H groups in total. The highest BCUT2D eigenvalue weighted by Gasteiger charge is 2.33. The molecule has 5 heteroatoms. The summed E-state index contributed by atoms with van der Waals surface area (Å²) in [5, 5.41) is 3.24. The van der Waals surface area contributed by atoms with Crippen LogP contribution in [0, 0.1) is 5.82 Å². The Kier molecular flexibility index (Phi) is 5.17. The summed E-state index contributed by atoms with van der Waals surface area (Å²) < 4.78 is 15.9. The summed E-state index contributed by atoms with van der Waals surface area (Å²) in [6, 6.07) is 24.4. The van der Waals surface area contributed by atoms with Crippen molar-refractivity contribution < 1.29 is 9.18 Å². The number of amides is 2. The molecular formula is C29H26FN3O. The molecular weight excluding hydrogens is 425 g/mol. The number of carbonyl (C=O) groups is 1.